The average Bonchev–Trinajstić information content (AvgIpc) is 2.42. The molecular weight excluding hydrogens is 180 g/mol. The van der Waals surface area contributed by atoms with Gasteiger partial charge in [0, 0.05) is 7.05 Å². The summed E-state index contributed by atoms with van der Waals surface area (Å²) < 4.78 is 1.67. The van der Waals surface area contributed by atoms with Crippen LogP contribution in [0.1, 0.15) is 48.4 Å². The molecule has 4 nitrogen and oxygen atoms in total. The first-order chi connectivity index (χ1) is 6.49. The summed E-state index contributed by atoms with van der Waals surface area (Å²) >= 11 is 0. The number of aromatic carboxylic acids is 1. The Bertz CT molecular complexity index is 353. The third kappa shape index (κ3) is 1.64. The minimum absolute atomic E-state index is 0.146. The van der Waals surface area contributed by atoms with E-state index in [0.717, 1.165) is 5.69 Å². The van der Waals surface area contributed by atoms with Crippen molar-refractivity contribution in [1.82, 2.24) is 9.78 Å². The maximum absolute atomic E-state index is 11.1. The van der Waals surface area contributed by atoms with Crippen LogP contribution in [0.5, 0.6) is 0 Å². The first-order valence-electron chi connectivity index (χ1n) is 4.78. The van der Waals surface area contributed by atoms with Crippen LogP contribution in [0.15, 0.2) is 0 Å². The highest BCUT2D eigenvalue weighted by Gasteiger charge is 2.22. The van der Waals surface area contributed by atoms with Gasteiger partial charge in [0.2, 0.25) is 0 Å². The smallest absolute Gasteiger partial charge is 0.339 e. The number of nitrogens with zero attached hydrogens (tertiary/aromatic N) is 2. The molecule has 0 spiro atoms. The minimum atomic E-state index is -0.876. The SMILES string of the molecule is CCc1c(C(=O)O)c(C(C)C)nn1C. The Hall–Kier alpha value is -1.32. The van der Waals surface area contributed by atoms with E-state index in [-0.39, 0.29) is 5.92 Å². The Morgan fingerprint density at radius 1 is 1.57 bits per heavy atom. The zero-order valence-corrected chi connectivity index (χ0v) is 9.03. The van der Waals surface area contributed by atoms with Gasteiger partial charge in [-0.25, -0.2) is 4.79 Å². The van der Waals surface area contributed by atoms with Gasteiger partial charge in [-0.2, -0.15) is 5.10 Å². The van der Waals surface area contributed by atoms with Crippen LogP contribution in [0.25, 0.3) is 0 Å². The van der Waals surface area contributed by atoms with Gasteiger partial charge < -0.3 is 5.11 Å². The second-order valence-electron chi connectivity index (χ2n) is 3.64. The lowest BCUT2D eigenvalue weighted by atomic mass is 10.0. The Kier molecular flexibility index (Phi) is 2.93. The van der Waals surface area contributed by atoms with Crippen molar-refractivity contribution in [3.8, 4) is 0 Å². The topological polar surface area (TPSA) is 55.1 Å². The molecule has 0 radical (unpaired) electrons. The molecule has 0 atom stereocenters. The summed E-state index contributed by atoms with van der Waals surface area (Å²) in [6.45, 7) is 5.84. The molecule has 0 fully saturated rings. The van der Waals surface area contributed by atoms with E-state index < -0.39 is 5.97 Å². The van der Waals surface area contributed by atoms with E-state index in [2.05, 4.69) is 5.10 Å². The maximum Gasteiger partial charge on any atom is 0.339 e. The summed E-state index contributed by atoms with van der Waals surface area (Å²) in [6, 6.07) is 0. The molecular formula is C10H16N2O2. The third-order valence-electron chi connectivity index (χ3n) is 2.29. The number of aromatic nitrogens is 2. The zero-order valence-electron chi connectivity index (χ0n) is 9.03. The molecule has 0 aliphatic carbocycles. The molecule has 0 unspecified atom stereocenters. The third-order valence-corrected chi connectivity index (χ3v) is 2.29. The van der Waals surface area contributed by atoms with Crippen LogP contribution >= 0.6 is 0 Å². The number of rotatable bonds is 3. The highest BCUT2D eigenvalue weighted by Crippen LogP contribution is 2.21. The van der Waals surface area contributed by atoms with E-state index in [0.29, 0.717) is 17.7 Å². The van der Waals surface area contributed by atoms with Crippen molar-refractivity contribution in [1.29, 1.82) is 0 Å². The maximum atomic E-state index is 11.1. The molecule has 14 heavy (non-hydrogen) atoms. The van der Waals surface area contributed by atoms with Gasteiger partial charge >= 0.3 is 5.97 Å². The number of hydrogen-bond donors (Lipinski definition) is 1. The summed E-state index contributed by atoms with van der Waals surface area (Å²) in [5.41, 5.74) is 1.85. The standard InChI is InChI=1S/C10H16N2O2/c1-5-7-8(10(13)14)9(6(2)3)11-12(7)4/h6H,5H2,1-4H3,(H,13,14). The van der Waals surface area contributed by atoms with Crippen molar-refractivity contribution in [2.24, 2.45) is 7.05 Å². The van der Waals surface area contributed by atoms with Gasteiger partial charge in [0.15, 0.2) is 0 Å². The van der Waals surface area contributed by atoms with E-state index in [4.69, 9.17) is 5.11 Å². The largest absolute Gasteiger partial charge is 0.478 e. The Labute approximate surface area is 83.5 Å². The average molecular weight is 196 g/mol. The van der Waals surface area contributed by atoms with Crippen LogP contribution in [0, 0.1) is 0 Å². The van der Waals surface area contributed by atoms with Gasteiger partial charge in [0.1, 0.15) is 5.56 Å². The lowest BCUT2D eigenvalue weighted by Gasteiger charge is -2.01. The van der Waals surface area contributed by atoms with E-state index in [1.807, 2.05) is 20.8 Å². The van der Waals surface area contributed by atoms with Gasteiger partial charge in [-0.05, 0) is 12.3 Å². The Morgan fingerprint density at radius 3 is 2.50 bits per heavy atom. The summed E-state index contributed by atoms with van der Waals surface area (Å²) in [4.78, 5) is 11.1. The van der Waals surface area contributed by atoms with Crippen molar-refractivity contribution in [3.63, 3.8) is 0 Å². The molecule has 1 heterocycles. The fourth-order valence-corrected chi connectivity index (χ4v) is 1.62. The van der Waals surface area contributed by atoms with Crippen LogP contribution in [-0.4, -0.2) is 20.9 Å². The quantitative estimate of drug-likeness (QED) is 0.802. The van der Waals surface area contributed by atoms with E-state index >= 15 is 0 Å². The molecule has 0 bridgehead atoms. The summed E-state index contributed by atoms with van der Waals surface area (Å²) in [5.74, 6) is -0.730. The van der Waals surface area contributed by atoms with Crippen molar-refractivity contribution in [3.05, 3.63) is 17.0 Å². The highest BCUT2D eigenvalue weighted by atomic mass is 16.4. The summed E-state index contributed by atoms with van der Waals surface area (Å²) in [7, 11) is 1.79. The van der Waals surface area contributed by atoms with Crippen LogP contribution < -0.4 is 0 Å². The summed E-state index contributed by atoms with van der Waals surface area (Å²) in [6.07, 6.45) is 0.692. The predicted octanol–water partition coefficient (Wildman–Crippen LogP) is 1.80. The number of aryl methyl sites for hydroxylation is 1. The van der Waals surface area contributed by atoms with Crippen LogP contribution in [-0.2, 0) is 13.5 Å². The fraction of sp³-hybridized carbons (Fsp3) is 0.600. The number of carbonyl (C=O) groups is 1. The lowest BCUT2D eigenvalue weighted by Crippen LogP contribution is -2.05. The first kappa shape index (κ1) is 10.8. The molecule has 1 aromatic heterocycles. The number of carboxylic acids is 1. The second kappa shape index (κ2) is 3.82. The van der Waals surface area contributed by atoms with Gasteiger partial charge in [0.25, 0.3) is 0 Å². The van der Waals surface area contributed by atoms with Crippen molar-refractivity contribution in [2.75, 3.05) is 0 Å². The second-order valence-corrected chi connectivity index (χ2v) is 3.64. The highest BCUT2D eigenvalue weighted by molar-refractivity contribution is 5.90. The first-order valence-corrected chi connectivity index (χ1v) is 4.78. The monoisotopic (exact) mass is 196 g/mol. The van der Waals surface area contributed by atoms with Crippen molar-refractivity contribution < 1.29 is 9.90 Å². The molecule has 0 aromatic carbocycles. The molecule has 0 aliphatic heterocycles. The van der Waals surface area contributed by atoms with Crippen LogP contribution in [0.3, 0.4) is 0 Å². The molecule has 0 saturated carbocycles. The Balaban J connectivity index is 3.37. The molecule has 0 aliphatic rings. The number of carboxylic acid groups (broad SMARTS) is 1. The van der Waals surface area contributed by atoms with Gasteiger partial charge in [-0.1, -0.05) is 20.8 Å². The fourth-order valence-electron chi connectivity index (χ4n) is 1.62. The zero-order chi connectivity index (χ0) is 10.9. The Morgan fingerprint density at radius 2 is 2.14 bits per heavy atom. The van der Waals surface area contributed by atoms with E-state index in [9.17, 15) is 4.79 Å². The molecule has 1 N–H and O–H groups in total. The van der Waals surface area contributed by atoms with Gasteiger partial charge in [0.05, 0.1) is 11.4 Å². The molecule has 78 valence electrons. The molecule has 1 rings (SSSR count). The lowest BCUT2D eigenvalue weighted by molar-refractivity contribution is 0.0694. The molecule has 1 aromatic rings. The predicted molar refractivity (Wildman–Crippen MR) is 53.6 cm³/mol. The van der Waals surface area contributed by atoms with Crippen LogP contribution in [0.2, 0.25) is 0 Å². The minimum Gasteiger partial charge on any atom is -0.478 e. The normalized spacial score (nSPS) is 10.9. The molecule has 0 saturated heterocycles. The van der Waals surface area contributed by atoms with E-state index in [1.165, 1.54) is 0 Å². The van der Waals surface area contributed by atoms with Crippen molar-refractivity contribution >= 4 is 5.97 Å². The molecule has 4 heteroatoms. The van der Waals surface area contributed by atoms with Crippen LogP contribution in [0.4, 0.5) is 0 Å². The summed E-state index contributed by atoms with van der Waals surface area (Å²) in [5, 5.41) is 13.3. The number of hydrogen-bond acceptors (Lipinski definition) is 2. The van der Waals surface area contributed by atoms with Crippen molar-refractivity contribution in [2.45, 2.75) is 33.1 Å². The molecule has 0 amide bonds. The van der Waals surface area contributed by atoms with Gasteiger partial charge in [-0.15, -0.1) is 0 Å². The van der Waals surface area contributed by atoms with E-state index in [1.54, 1.807) is 11.7 Å². The van der Waals surface area contributed by atoms with Gasteiger partial charge in [-0.3, -0.25) is 4.68 Å².